The molecule has 0 aliphatic heterocycles. The molecule has 0 radical (unpaired) electrons. The third-order valence-corrected chi connectivity index (χ3v) is 3.53. The highest BCUT2D eigenvalue weighted by Gasteiger charge is 2.37. The van der Waals surface area contributed by atoms with Gasteiger partial charge in [0.1, 0.15) is 0 Å². The zero-order valence-electron chi connectivity index (χ0n) is 11.0. The Hall–Kier alpha value is -0.920. The Morgan fingerprint density at radius 1 is 1.00 bits per heavy atom. The zero-order valence-corrected chi connectivity index (χ0v) is 11.0. The third kappa shape index (κ3) is 2.19. The standard InChI is InChI=1S/C13H22N2/c1-9-8-14-11(10(2)15-9)13(6,7)12(3,4)5/h8H,1-7H3. The van der Waals surface area contributed by atoms with Gasteiger partial charge in [0.25, 0.3) is 0 Å². The minimum absolute atomic E-state index is 0.0395. The average molecular weight is 206 g/mol. The molecule has 1 heterocycles. The summed E-state index contributed by atoms with van der Waals surface area (Å²) in [5, 5.41) is 0. The van der Waals surface area contributed by atoms with Crippen LogP contribution in [0.2, 0.25) is 0 Å². The molecule has 84 valence electrons. The van der Waals surface area contributed by atoms with Gasteiger partial charge in [-0.25, -0.2) is 0 Å². The molecule has 0 N–H and O–H groups in total. The molecule has 0 aliphatic carbocycles. The Balaban J connectivity index is 3.28. The van der Waals surface area contributed by atoms with E-state index in [1.54, 1.807) is 0 Å². The van der Waals surface area contributed by atoms with Crippen LogP contribution in [-0.2, 0) is 5.41 Å². The van der Waals surface area contributed by atoms with Crippen molar-refractivity contribution in [3.63, 3.8) is 0 Å². The molecule has 0 amide bonds. The summed E-state index contributed by atoms with van der Waals surface area (Å²) in [4.78, 5) is 9.04. The van der Waals surface area contributed by atoms with E-state index in [0.29, 0.717) is 0 Å². The van der Waals surface area contributed by atoms with E-state index in [-0.39, 0.29) is 10.8 Å². The molecule has 0 saturated heterocycles. The molecule has 2 heteroatoms. The molecule has 0 spiro atoms. The zero-order chi connectivity index (χ0) is 11.9. The quantitative estimate of drug-likeness (QED) is 0.703. The van der Waals surface area contributed by atoms with E-state index >= 15 is 0 Å². The fraction of sp³-hybridized carbons (Fsp3) is 0.692. The monoisotopic (exact) mass is 206 g/mol. The maximum absolute atomic E-state index is 4.55. The smallest absolute Gasteiger partial charge is 0.0677 e. The van der Waals surface area contributed by atoms with Gasteiger partial charge in [-0.1, -0.05) is 34.6 Å². The number of nitrogens with zero attached hydrogens (tertiary/aromatic N) is 2. The lowest BCUT2D eigenvalue weighted by atomic mass is 9.67. The van der Waals surface area contributed by atoms with E-state index in [1.807, 2.05) is 20.0 Å². The number of aryl methyl sites for hydroxylation is 2. The van der Waals surface area contributed by atoms with Gasteiger partial charge >= 0.3 is 0 Å². The largest absolute Gasteiger partial charge is 0.257 e. The van der Waals surface area contributed by atoms with E-state index in [2.05, 4.69) is 44.6 Å². The lowest BCUT2D eigenvalue weighted by Crippen LogP contribution is -2.35. The van der Waals surface area contributed by atoms with Gasteiger partial charge in [0.05, 0.1) is 17.1 Å². The van der Waals surface area contributed by atoms with Crippen LogP contribution in [-0.4, -0.2) is 9.97 Å². The van der Waals surface area contributed by atoms with Gasteiger partial charge in [-0.05, 0) is 19.3 Å². The van der Waals surface area contributed by atoms with E-state index in [9.17, 15) is 0 Å². The Kier molecular flexibility index (Phi) is 2.90. The molecule has 0 aromatic carbocycles. The first-order valence-electron chi connectivity index (χ1n) is 5.47. The van der Waals surface area contributed by atoms with Crippen molar-refractivity contribution in [3.8, 4) is 0 Å². The molecule has 1 rings (SSSR count). The fourth-order valence-electron chi connectivity index (χ4n) is 1.57. The second-order valence-electron chi connectivity index (χ2n) is 5.82. The first kappa shape index (κ1) is 12.2. The molecular formula is C13H22N2. The Morgan fingerprint density at radius 3 is 1.93 bits per heavy atom. The molecular weight excluding hydrogens is 184 g/mol. The van der Waals surface area contributed by atoms with Crippen LogP contribution >= 0.6 is 0 Å². The van der Waals surface area contributed by atoms with Crippen molar-refractivity contribution in [2.75, 3.05) is 0 Å². The number of hydrogen-bond donors (Lipinski definition) is 0. The highest BCUT2D eigenvalue weighted by Crippen LogP contribution is 2.40. The Morgan fingerprint density at radius 2 is 1.53 bits per heavy atom. The second kappa shape index (κ2) is 3.58. The number of rotatable bonds is 1. The van der Waals surface area contributed by atoms with Gasteiger partial charge < -0.3 is 0 Å². The molecule has 0 bridgehead atoms. The van der Waals surface area contributed by atoms with Crippen molar-refractivity contribution in [1.29, 1.82) is 0 Å². The fourth-order valence-corrected chi connectivity index (χ4v) is 1.57. The maximum Gasteiger partial charge on any atom is 0.0677 e. The highest BCUT2D eigenvalue weighted by atomic mass is 14.8. The van der Waals surface area contributed by atoms with E-state index < -0.39 is 0 Å². The van der Waals surface area contributed by atoms with Crippen LogP contribution < -0.4 is 0 Å². The van der Waals surface area contributed by atoms with E-state index in [1.165, 1.54) is 0 Å². The van der Waals surface area contributed by atoms with E-state index in [0.717, 1.165) is 17.1 Å². The second-order valence-corrected chi connectivity index (χ2v) is 5.82. The van der Waals surface area contributed by atoms with Crippen molar-refractivity contribution in [2.24, 2.45) is 5.41 Å². The summed E-state index contributed by atoms with van der Waals surface area (Å²) < 4.78 is 0. The van der Waals surface area contributed by atoms with Crippen molar-refractivity contribution in [2.45, 2.75) is 53.9 Å². The van der Waals surface area contributed by atoms with Gasteiger partial charge in [0.15, 0.2) is 0 Å². The molecule has 0 atom stereocenters. The van der Waals surface area contributed by atoms with E-state index in [4.69, 9.17) is 0 Å². The summed E-state index contributed by atoms with van der Waals surface area (Å²) in [7, 11) is 0. The predicted molar refractivity (Wildman–Crippen MR) is 64.0 cm³/mol. The lowest BCUT2D eigenvalue weighted by molar-refractivity contribution is 0.218. The Labute approximate surface area is 93.2 Å². The van der Waals surface area contributed by atoms with Crippen LogP contribution in [0.15, 0.2) is 6.20 Å². The predicted octanol–water partition coefficient (Wildman–Crippen LogP) is 3.42. The lowest BCUT2D eigenvalue weighted by Gasteiger charge is -2.38. The molecule has 0 fully saturated rings. The first-order chi connectivity index (χ1) is 6.66. The summed E-state index contributed by atoms with van der Waals surface area (Å²) in [5.74, 6) is 0. The molecule has 1 aromatic rings. The van der Waals surface area contributed by atoms with Crippen molar-refractivity contribution < 1.29 is 0 Å². The molecule has 0 saturated carbocycles. The normalized spacial score (nSPS) is 13.0. The van der Waals surface area contributed by atoms with Gasteiger partial charge in [0.2, 0.25) is 0 Å². The molecule has 0 aliphatic rings. The minimum atomic E-state index is 0.0395. The van der Waals surface area contributed by atoms with Gasteiger partial charge in [-0.15, -0.1) is 0 Å². The van der Waals surface area contributed by atoms with Crippen LogP contribution in [0.1, 0.15) is 51.7 Å². The molecule has 0 unspecified atom stereocenters. The first-order valence-corrected chi connectivity index (χ1v) is 5.47. The summed E-state index contributed by atoms with van der Waals surface area (Å²) >= 11 is 0. The van der Waals surface area contributed by atoms with Gasteiger partial charge in [0, 0.05) is 11.6 Å². The molecule has 2 nitrogen and oxygen atoms in total. The summed E-state index contributed by atoms with van der Waals surface area (Å²) in [6.45, 7) is 15.2. The summed E-state index contributed by atoms with van der Waals surface area (Å²) in [6.07, 6.45) is 1.86. The third-order valence-electron chi connectivity index (χ3n) is 3.53. The van der Waals surface area contributed by atoms with Crippen LogP contribution in [0, 0.1) is 19.3 Å². The van der Waals surface area contributed by atoms with Crippen molar-refractivity contribution in [3.05, 3.63) is 23.3 Å². The molecule has 1 aromatic heterocycles. The number of hydrogen-bond acceptors (Lipinski definition) is 2. The summed E-state index contributed by atoms with van der Waals surface area (Å²) in [5.41, 5.74) is 3.37. The highest BCUT2D eigenvalue weighted by molar-refractivity contribution is 5.23. The minimum Gasteiger partial charge on any atom is -0.257 e. The van der Waals surface area contributed by atoms with Gasteiger partial charge in [-0.3, -0.25) is 9.97 Å². The maximum atomic E-state index is 4.55. The average Bonchev–Trinajstić information content (AvgIpc) is 2.00. The van der Waals surface area contributed by atoms with Crippen LogP contribution in [0.3, 0.4) is 0 Å². The van der Waals surface area contributed by atoms with Crippen LogP contribution in [0.25, 0.3) is 0 Å². The van der Waals surface area contributed by atoms with Crippen molar-refractivity contribution in [1.82, 2.24) is 9.97 Å². The SMILES string of the molecule is Cc1cnc(C(C)(C)C(C)(C)C)c(C)n1. The van der Waals surface area contributed by atoms with Crippen LogP contribution in [0.5, 0.6) is 0 Å². The van der Waals surface area contributed by atoms with Crippen LogP contribution in [0.4, 0.5) is 0 Å². The molecule has 15 heavy (non-hydrogen) atoms. The number of aromatic nitrogens is 2. The summed E-state index contributed by atoms with van der Waals surface area (Å²) in [6, 6.07) is 0. The van der Waals surface area contributed by atoms with Gasteiger partial charge in [-0.2, -0.15) is 0 Å². The van der Waals surface area contributed by atoms with Crippen molar-refractivity contribution >= 4 is 0 Å². The topological polar surface area (TPSA) is 25.8 Å². The Bertz CT molecular complexity index is 359.